The van der Waals surface area contributed by atoms with Crippen molar-refractivity contribution in [3.8, 4) is 0 Å². The molecule has 2 unspecified atom stereocenters. The number of primary amides is 1. The van der Waals surface area contributed by atoms with E-state index in [1.165, 1.54) is 19.4 Å². The number of nitrogens with zero attached hydrogens (tertiary/aromatic N) is 3. The lowest BCUT2D eigenvalue weighted by molar-refractivity contribution is -0.135. The van der Waals surface area contributed by atoms with Crippen LogP contribution in [0.1, 0.15) is 75.1 Å². The van der Waals surface area contributed by atoms with E-state index in [0.29, 0.717) is 16.8 Å². The number of aromatic nitrogens is 3. The Morgan fingerprint density at radius 3 is 2.06 bits per heavy atom. The lowest BCUT2D eigenvalue weighted by Crippen LogP contribution is -2.61. The molecule has 2 aromatic carbocycles. The molecule has 27 nitrogen and oxygen atoms in total. The van der Waals surface area contributed by atoms with Crippen molar-refractivity contribution in [3.05, 3.63) is 90.1 Å². The summed E-state index contributed by atoms with van der Waals surface area (Å²) in [5.74, 6) is -6.23. The number of rotatable bonds is 18. The number of aliphatic imine (C=N–C) groups is 2. The topological polar surface area (TPSA) is 452 Å². The number of aliphatic hydroxyl groups excluding tert-OH is 1. The first-order chi connectivity index (χ1) is 36.9. The minimum Gasteiger partial charge on any atom is -0.376 e. The summed E-state index contributed by atoms with van der Waals surface area (Å²) < 4.78 is 0. The van der Waals surface area contributed by atoms with Gasteiger partial charge in [-0.15, -0.1) is 0 Å². The van der Waals surface area contributed by atoms with Gasteiger partial charge in [0, 0.05) is 81.2 Å². The molecule has 8 atom stereocenters. The fourth-order valence-corrected chi connectivity index (χ4v) is 8.62. The van der Waals surface area contributed by atoms with Crippen LogP contribution >= 0.6 is 0 Å². The van der Waals surface area contributed by atoms with Gasteiger partial charge in [-0.25, -0.2) is 4.98 Å². The average molecular weight is 1070 g/mol. The molecule has 1 aliphatic rings. The highest BCUT2D eigenvalue weighted by Crippen LogP contribution is 2.20. The fourth-order valence-electron chi connectivity index (χ4n) is 8.62. The number of hydrogen-bond acceptors (Lipinski definition) is 13. The van der Waals surface area contributed by atoms with Crippen LogP contribution in [0.2, 0.25) is 0 Å². The van der Waals surface area contributed by atoms with Crippen LogP contribution < -0.4 is 71.2 Å². The molecule has 4 aromatic rings. The van der Waals surface area contributed by atoms with E-state index in [0.717, 1.165) is 10.9 Å². The lowest BCUT2D eigenvalue weighted by Gasteiger charge is -2.31. The van der Waals surface area contributed by atoms with Gasteiger partial charge in [-0.1, -0.05) is 48.5 Å². The number of carbonyl (C=O) groups is 8. The predicted octanol–water partition coefficient (Wildman–Crippen LogP) is -3.59. The van der Waals surface area contributed by atoms with Gasteiger partial charge >= 0.3 is 0 Å². The first-order valence-corrected chi connectivity index (χ1v) is 25.3. The van der Waals surface area contributed by atoms with Gasteiger partial charge in [0.05, 0.1) is 18.4 Å². The van der Waals surface area contributed by atoms with Gasteiger partial charge < -0.3 is 81.0 Å². The summed E-state index contributed by atoms with van der Waals surface area (Å²) in [5, 5.41) is 34.7. The molecule has 3 heterocycles. The molecule has 5 rings (SSSR count). The Bertz CT molecular complexity index is 2670. The highest BCUT2D eigenvalue weighted by atomic mass is 16.3. The number of fused-ring (bicyclic) bond motifs is 1. The van der Waals surface area contributed by atoms with Gasteiger partial charge in [0.1, 0.15) is 36.4 Å². The van der Waals surface area contributed by atoms with Crippen molar-refractivity contribution in [3.63, 3.8) is 0 Å². The highest BCUT2D eigenvalue weighted by molar-refractivity contribution is 5.96. The number of aromatic amines is 2. The summed E-state index contributed by atoms with van der Waals surface area (Å²) in [4.78, 5) is 129. The third-order valence-corrected chi connectivity index (χ3v) is 12.6. The van der Waals surface area contributed by atoms with Crippen LogP contribution in [-0.4, -0.2) is 147 Å². The summed E-state index contributed by atoms with van der Waals surface area (Å²) in [6.07, 6.45) is 2.51. The summed E-state index contributed by atoms with van der Waals surface area (Å²) in [7, 11) is 0. The summed E-state index contributed by atoms with van der Waals surface area (Å²) in [6.45, 7) is 1.42. The van der Waals surface area contributed by atoms with Crippen molar-refractivity contribution in [1.82, 2.24) is 57.5 Å². The number of H-pyrrole nitrogens is 2. The Balaban J connectivity index is 1.54. The van der Waals surface area contributed by atoms with Crippen molar-refractivity contribution in [1.29, 1.82) is 0 Å². The Kier molecular flexibility index (Phi) is 23.2. The zero-order chi connectivity index (χ0) is 55.9. The van der Waals surface area contributed by atoms with E-state index in [4.69, 9.17) is 28.7 Å². The van der Waals surface area contributed by atoms with Gasteiger partial charge in [-0.2, -0.15) is 0 Å². The van der Waals surface area contributed by atoms with Crippen LogP contribution in [0.25, 0.3) is 10.9 Å². The van der Waals surface area contributed by atoms with E-state index in [1.807, 2.05) is 24.3 Å². The predicted molar refractivity (Wildman–Crippen MR) is 285 cm³/mol. The summed E-state index contributed by atoms with van der Waals surface area (Å²) >= 11 is 0. The molecule has 1 aliphatic heterocycles. The molecule has 27 heteroatoms. The van der Waals surface area contributed by atoms with E-state index in [9.17, 15) is 43.5 Å². The van der Waals surface area contributed by atoms with Gasteiger partial charge in [-0.05, 0) is 62.1 Å². The monoisotopic (exact) mass is 1070 g/mol. The molecular weight excluding hydrogens is 997 g/mol. The second-order valence-electron chi connectivity index (χ2n) is 18.6. The van der Waals surface area contributed by atoms with Crippen LogP contribution in [0.5, 0.6) is 0 Å². The van der Waals surface area contributed by atoms with Crippen LogP contribution in [0.3, 0.4) is 0 Å². The van der Waals surface area contributed by atoms with Crippen molar-refractivity contribution < 1.29 is 43.5 Å². The molecule has 0 bridgehead atoms. The Morgan fingerprint density at radius 1 is 0.753 bits per heavy atom. The number of guanidine groups is 2. The Morgan fingerprint density at radius 2 is 1.39 bits per heavy atom. The van der Waals surface area contributed by atoms with E-state index in [1.54, 1.807) is 36.5 Å². The molecule has 1 saturated heterocycles. The largest absolute Gasteiger partial charge is 0.376 e. The molecule has 21 N–H and O–H groups in total. The number of aliphatic hydroxyl groups is 1. The maximum Gasteiger partial charge on any atom is 0.243 e. The molecule has 0 radical (unpaired) electrons. The summed E-state index contributed by atoms with van der Waals surface area (Å²) in [5.41, 5.74) is 30.4. The number of amides is 8. The van der Waals surface area contributed by atoms with Crippen molar-refractivity contribution in [2.75, 3.05) is 19.6 Å². The van der Waals surface area contributed by atoms with Crippen LogP contribution in [0, 0.1) is 0 Å². The summed E-state index contributed by atoms with van der Waals surface area (Å²) in [6, 6.07) is 6.89. The standard InChI is InChI=1S/C50H72N18O9/c1-28(69)62-35(15-8-20-58-49(52)53)43(72)65-37-17-18-41(70)57-19-7-14-34(42(51)71)63-47(76)39(23-30-25-60-33-13-6-5-12-32(30)33)67-44(73)36(16-9-21-59-50(54)55)64-46(75)38(22-29-10-3-2-4-11-29)66-48(77)40(68-45(37)74)24-31-26-56-27-61-31/h2-6,10-13,25-27,34-40,45,60,68,74H,7-9,14-24H2,1H3,(H2,51,71)(H,56,61)(H,57,70)(H,62,69)(H,63,76)(H,64,75)(H,65,72)(H,66,77)(H,67,73)(H4,52,53,58)(H4,54,55,59)/t34-,35-,36-,37-,38?,39-,40-,45?/m0/s1. The number of benzene rings is 2. The third-order valence-electron chi connectivity index (χ3n) is 12.6. The SMILES string of the molecule is CC(=O)N[C@@H](CCCN=C(N)N)C(=O)N[C@H]1CCC(=O)NCCC[C@@H](C(N)=O)NC(=O)[C@H](Cc2c[nH]c3ccccc23)NC(=O)[C@H](CCCN=C(N)N)NC(=O)C(Cc2ccccc2)NC(=O)[C@H](Cc2cnc[nH]2)NC1O. The minimum absolute atomic E-state index is 0.00399. The van der Waals surface area contributed by atoms with E-state index < -0.39 is 95.8 Å². The fraction of sp³-hybridized carbons (Fsp3) is 0.460. The highest BCUT2D eigenvalue weighted by Gasteiger charge is 2.35. The molecule has 0 saturated carbocycles. The second kappa shape index (κ2) is 30.1. The molecule has 8 amide bonds. The molecule has 416 valence electrons. The minimum atomic E-state index is -1.76. The quantitative estimate of drug-likeness (QED) is 0.0260. The van der Waals surface area contributed by atoms with E-state index in [-0.39, 0.29) is 102 Å². The number of imidazole rings is 1. The third kappa shape index (κ3) is 19.9. The maximum atomic E-state index is 14.7. The maximum absolute atomic E-state index is 14.7. The zero-order valence-electron chi connectivity index (χ0n) is 42.9. The molecule has 2 aromatic heterocycles. The van der Waals surface area contributed by atoms with Gasteiger partial charge in [0.15, 0.2) is 11.9 Å². The second-order valence-corrected chi connectivity index (χ2v) is 18.6. The Hall–Kier alpha value is -8.59. The number of nitrogens with one attached hydrogen (secondary N) is 10. The first-order valence-electron chi connectivity index (χ1n) is 25.3. The molecule has 77 heavy (non-hydrogen) atoms. The lowest BCUT2D eigenvalue weighted by atomic mass is 10.0. The van der Waals surface area contributed by atoms with Crippen LogP contribution in [0.15, 0.2) is 83.3 Å². The number of hydrogen-bond donors (Lipinski definition) is 16. The molecule has 0 spiro atoms. The Labute approximate surface area is 444 Å². The van der Waals surface area contributed by atoms with Crippen LogP contribution in [-0.2, 0) is 57.6 Å². The molecule has 1 fully saturated rings. The number of carbonyl (C=O) groups excluding carboxylic acids is 8. The zero-order valence-corrected chi connectivity index (χ0v) is 42.9. The number of para-hydroxylation sites is 1. The van der Waals surface area contributed by atoms with Gasteiger partial charge in [-0.3, -0.25) is 53.7 Å². The molecular formula is C50H72N18O9. The normalized spacial score (nSPS) is 21.9. The van der Waals surface area contributed by atoms with Gasteiger partial charge in [0.25, 0.3) is 0 Å². The number of nitrogens with two attached hydrogens (primary N) is 5. The average Bonchev–Trinajstić information content (AvgIpc) is 4.06. The smallest absolute Gasteiger partial charge is 0.243 e. The van der Waals surface area contributed by atoms with Crippen molar-refractivity contribution >= 4 is 70.1 Å². The van der Waals surface area contributed by atoms with E-state index in [2.05, 4.69) is 67.5 Å². The van der Waals surface area contributed by atoms with Crippen molar-refractivity contribution in [2.24, 2.45) is 38.7 Å². The van der Waals surface area contributed by atoms with Crippen LogP contribution in [0.4, 0.5) is 0 Å². The van der Waals surface area contributed by atoms with Crippen molar-refractivity contribution in [2.45, 2.75) is 126 Å². The molecule has 0 aliphatic carbocycles. The van der Waals surface area contributed by atoms with E-state index >= 15 is 0 Å². The first kappa shape index (κ1) is 59.3. The van der Waals surface area contributed by atoms with Gasteiger partial charge in [0.2, 0.25) is 47.3 Å².